The second kappa shape index (κ2) is 10.9. The maximum atomic E-state index is 5.54. The van der Waals surface area contributed by atoms with Crippen LogP contribution >= 0.6 is 0 Å². The van der Waals surface area contributed by atoms with Crippen molar-refractivity contribution in [1.82, 2.24) is 25.5 Å². The highest BCUT2D eigenvalue weighted by Crippen LogP contribution is 2.30. The van der Waals surface area contributed by atoms with Crippen molar-refractivity contribution in [2.45, 2.75) is 18.9 Å². The zero-order valence-corrected chi connectivity index (χ0v) is 17.8. The molecule has 2 rings (SSSR count). The van der Waals surface area contributed by atoms with Gasteiger partial charge in [-0.25, -0.2) is 0 Å². The van der Waals surface area contributed by atoms with E-state index in [2.05, 4.69) is 34.3 Å². The van der Waals surface area contributed by atoms with Crippen molar-refractivity contribution >= 4 is 0 Å². The Hall–Kier alpha value is -2.49. The van der Waals surface area contributed by atoms with E-state index in [9.17, 15) is 0 Å². The number of hydrogen-bond acceptors (Lipinski definition) is 8. The number of ether oxygens (including phenoxy) is 4. The first-order chi connectivity index (χ1) is 14.0. The van der Waals surface area contributed by atoms with Gasteiger partial charge in [0.1, 0.15) is 22.7 Å². The van der Waals surface area contributed by atoms with Gasteiger partial charge in [0.2, 0.25) is 0 Å². The predicted molar refractivity (Wildman–Crippen MR) is 110 cm³/mol. The molecule has 0 bridgehead atoms. The van der Waals surface area contributed by atoms with Gasteiger partial charge in [-0.15, -0.1) is 11.7 Å². The number of hydrogen-bond donors (Lipinski definition) is 1. The van der Waals surface area contributed by atoms with E-state index in [-0.39, 0.29) is 0 Å². The Morgan fingerprint density at radius 1 is 1.17 bits per heavy atom. The van der Waals surface area contributed by atoms with E-state index < -0.39 is 5.54 Å². The van der Waals surface area contributed by atoms with E-state index in [0.717, 1.165) is 6.42 Å². The van der Waals surface area contributed by atoms with Crippen LogP contribution in [-0.4, -0.2) is 68.4 Å². The lowest BCUT2D eigenvalue weighted by Gasteiger charge is -2.32. The number of nitrogens with one attached hydrogen (secondary N) is 1. The number of aromatic nitrogens is 4. The first kappa shape index (κ1) is 22.8. The summed E-state index contributed by atoms with van der Waals surface area (Å²) in [5.41, 5.74) is -0.0649. The van der Waals surface area contributed by atoms with Crippen LogP contribution in [0.5, 0.6) is 11.5 Å². The van der Waals surface area contributed by atoms with E-state index >= 15 is 0 Å². The minimum Gasteiger partial charge on any atom is -0.497 e. The van der Waals surface area contributed by atoms with Crippen molar-refractivity contribution in [1.29, 1.82) is 0 Å². The van der Waals surface area contributed by atoms with Crippen molar-refractivity contribution in [2.24, 2.45) is 5.92 Å². The lowest BCUT2D eigenvalue weighted by molar-refractivity contribution is 0.0328. The molecule has 0 aliphatic carbocycles. The fourth-order valence-corrected chi connectivity index (χ4v) is 3.11. The molecule has 0 saturated heterocycles. The summed E-state index contributed by atoms with van der Waals surface area (Å²) in [7, 11) is 6.48. The van der Waals surface area contributed by atoms with Gasteiger partial charge in [0.15, 0.2) is 5.82 Å². The minimum absolute atomic E-state index is 0.322. The Bertz CT molecular complexity index is 774. The summed E-state index contributed by atoms with van der Waals surface area (Å²) in [6, 6.07) is 5.47. The third-order valence-corrected chi connectivity index (χ3v) is 4.76. The molecule has 1 N–H and O–H groups in total. The fourth-order valence-electron chi connectivity index (χ4n) is 3.11. The van der Waals surface area contributed by atoms with Crippen LogP contribution in [0.3, 0.4) is 0 Å². The molecule has 1 aromatic heterocycles. The highest BCUT2D eigenvalue weighted by molar-refractivity contribution is 5.51. The summed E-state index contributed by atoms with van der Waals surface area (Å²) >= 11 is 0. The largest absolute Gasteiger partial charge is 0.497 e. The molecule has 0 spiro atoms. The van der Waals surface area contributed by atoms with Crippen LogP contribution in [0.15, 0.2) is 30.9 Å². The molecular formula is C20H31N5O4. The summed E-state index contributed by atoms with van der Waals surface area (Å²) in [6.07, 6.45) is 2.84. The van der Waals surface area contributed by atoms with Crippen LogP contribution in [-0.2, 0) is 15.0 Å². The summed E-state index contributed by atoms with van der Waals surface area (Å²) < 4.78 is 23.5. The second-order valence-corrected chi connectivity index (χ2v) is 6.83. The third-order valence-electron chi connectivity index (χ3n) is 4.76. The topological polar surface area (TPSA) is 92.6 Å². The molecule has 160 valence electrons. The average Bonchev–Trinajstić information content (AvgIpc) is 3.23. The molecule has 0 radical (unpaired) electrons. The SMILES string of the molecule is C=CC(C)CCNC(COC)(COC)c1nnnn1-c1ccc(OC)cc1OC. The molecule has 0 aliphatic heterocycles. The molecule has 29 heavy (non-hydrogen) atoms. The Kier molecular flexibility index (Phi) is 8.56. The Morgan fingerprint density at radius 3 is 2.48 bits per heavy atom. The van der Waals surface area contributed by atoms with E-state index in [1.165, 1.54) is 0 Å². The van der Waals surface area contributed by atoms with Crippen molar-refractivity contribution in [3.05, 3.63) is 36.7 Å². The van der Waals surface area contributed by atoms with E-state index in [0.29, 0.717) is 48.7 Å². The molecule has 1 unspecified atom stereocenters. The van der Waals surface area contributed by atoms with Crippen LogP contribution in [0.25, 0.3) is 5.69 Å². The standard InChI is InChI=1S/C20H31N5O4/c1-7-15(2)10-11-21-20(13-26-3,14-27-4)19-22-23-24-25(19)17-9-8-16(28-5)12-18(17)29-6/h7-9,12,15,21H,1,10-11,13-14H2,2-6H3. The molecular weight excluding hydrogens is 374 g/mol. The van der Waals surface area contributed by atoms with Crippen molar-refractivity contribution in [3.63, 3.8) is 0 Å². The number of tetrazole rings is 1. The number of nitrogens with zero attached hydrogens (tertiary/aromatic N) is 4. The Labute approximate surface area is 172 Å². The number of benzene rings is 1. The normalized spacial score (nSPS) is 12.6. The van der Waals surface area contributed by atoms with Gasteiger partial charge in [-0.1, -0.05) is 13.0 Å². The molecule has 1 heterocycles. The maximum absolute atomic E-state index is 5.54. The molecule has 9 nitrogen and oxygen atoms in total. The summed E-state index contributed by atoms with van der Waals surface area (Å²) in [5.74, 6) is 2.21. The number of methoxy groups -OCH3 is 4. The van der Waals surface area contributed by atoms with Crippen LogP contribution in [0.1, 0.15) is 19.2 Å². The highest BCUT2D eigenvalue weighted by Gasteiger charge is 2.38. The molecule has 2 aromatic rings. The molecule has 0 amide bonds. The van der Waals surface area contributed by atoms with Gasteiger partial charge in [0.25, 0.3) is 0 Å². The van der Waals surface area contributed by atoms with Crippen molar-refractivity contribution in [3.8, 4) is 17.2 Å². The first-order valence-electron chi connectivity index (χ1n) is 9.42. The van der Waals surface area contributed by atoms with Gasteiger partial charge in [-0.05, 0) is 41.4 Å². The van der Waals surface area contributed by atoms with Gasteiger partial charge in [0, 0.05) is 20.3 Å². The van der Waals surface area contributed by atoms with Gasteiger partial charge < -0.3 is 24.3 Å². The molecule has 1 atom stereocenters. The number of rotatable bonds is 13. The van der Waals surface area contributed by atoms with Crippen molar-refractivity contribution < 1.29 is 18.9 Å². The molecule has 0 fully saturated rings. The zero-order valence-electron chi connectivity index (χ0n) is 17.8. The average molecular weight is 405 g/mol. The van der Waals surface area contributed by atoms with E-state index in [4.69, 9.17) is 18.9 Å². The molecule has 0 aliphatic rings. The second-order valence-electron chi connectivity index (χ2n) is 6.83. The monoisotopic (exact) mass is 405 g/mol. The third kappa shape index (κ3) is 5.31. The van der Waals surface area contributed by atoms with Crippen LogP contribution in [0.4, 0.5) is 0 Å². The van der Waals surface area contributed by atoms with E-state index in [1.54, 1.807) is 39.2 Å². The minimum atomic E-state index is -0.751. The fraction of sp³-hybridized carbons (Fsp3) is 0.550. The first-order valence-corrected chi connectivity index (χ1v) is 9.42. The predicted octanol–water partition coefficient (Wildman–Crippen LogP) is 1.97. The smallest absolute Gasteiger partial charge is 0.181 e. The van der Waals surface area contributed by atoms with Gasteiger partial charge in [0.05, 0.1) is 27.4 Å². The number of allylic oxidation sites excluding steroid dienone is 1. The van der Waals surface area contributed by atoms with Crippen LogP contribution < -0.4 is 14.8 Å². The van der Waals surface area contributed by atoms with Gasteiger partial charge >= 0.3 is 0 Å². The Morgan fingerprint density at radius 2 is 1.90 bits per heavy atom. The van der Waals surface area contributed by atoms with Crippen molar-refractivity contribution in [2.75, 3.05) is 48.2 Å². The van der Waals surface area contributed by atoms with Gasteiger partial charge in [-0.2, -0.15) is 4.68 Å². The summed E-state index contributed by atoms with van der Waals surface area (Å²) in [4.78, 5) is 0. The molecule has 1 aromatic carbocycles. The van der Waals surface area contributed by atoms with E-state index in [1.807, 2.05) is 18.2 Å². The van der Waals surface area contributed by atoms with Crippen LogP contribution in [0.2, 0.25) is 0 Å². The highest BCUT2D eigenvalue weighted by atomic mass is 16.5. The Balaban J connectivity index is 2.48. The lowest BCUT2D eigenvalue weighted by atomic mass is 9.99. The zero-order chi connectivity index (χ0) is 21.3. The quantitative estimate of drug-likeness (QED) is 0.506. The summed E-state index contributed by atoms with van der Waals surface area (Å²) in [6.45, 7) is 7.33. The maximum Gasteiger partial charge on any atom is 0.181 e. The van der Waals surface area contributed by atoms with Gasteiger partial charge in [-0.3, -0.25) is 0 Å². The summed E-state index contributed by atoms with van der Waals surface area (Å²) in [5, 5.41) is 16.0. The van der Waals surface area contributed by atoms with Crippen LogP contribution in [0, 0.1) is 5.92 Å². The molecule has 9 heteroatoms. The lowest BCUT2D eigenvalue weighted by Crippen LogP contribution is -2.52. The molecule has 0 saturated carbocycles.